The number of aliphatic hydroxyl groups is 1. The van der Waals surface area contributed by atoms with E-state index in [1.54, 1.807) is 0 Å². The fourth-order valence-electron chi connectivity index (χ4n) is 0.0645. The minimum absolute atomic E-state index is 0. The Labute approximate surface area is 132 Å². The largest absolute Gasteiger partial charge is 0.396 e. The quantitative estimate of drug-likeness (QED) is 0.537. The van der Waals surface area contributed by atoms with Gasteiger partial charge in [-0.25, -0.2) is 0 Å². The van der Waals surface area contributed by atoms with Gasteiger partial charge < -0.3 is 5.11 Å². The van der Waals surface area contributed by atoms with E-state index in [1.807, 2.05) is 0 Å². The van der Waals surface area contributed by atoms with Crippen molar-refractivity contribution in [1.29, 1.82) is 0 Å². The van der Waals surface area contributed by atoms with Crippen LogP contribution >= 0.6 is 0 Å². The maximum absolute atomic E-state index is 7.92. The van der Waals surface area contributed by atoms with E-state index in [0.717, 1.165) is 0 Å². The molecule has 0 saturated carbocycles. The normalized spacial score (nSPS) is 2.58. The second kappa shape index (κ2) is 966. The van der Waals surface area contributed by atoms with Crippen molar-refractivity contribution in [2.75, 3.05) is 6.61 Å². The van der Waals surface area contributed by atoms with E-state index in [4.69, 9.17) is 39.6 Å². The van der Waals surface area contributed by atoms with Crippen LogP contribution < -0.4 is 0 Å². The van der Waals surface area contributed by atoms with Crippen molar-refractivity contribution in [3.63, 3.8) is 0 Å². The molecule has 0 amide bonds. The van der Waals surface area contributed by atoms with Crippen LogP contribution in [0, 0.1) is 52.6 Å². The summed E-state index contributed by atoms with van der Waals surface area (Å²) in [6.07, 6.45) is 2.74. The molecular formula is C10H6Co2O7. The summed E-state index contributed by atoms with van der Waals surface area (Å²) in [6.45, 7) is 31.8. The first-order valence-electron chi connectivity index (χ1n) is 2.68. The molecule has 0 rings (SSSR count). The molecule has 0 saturated heterocycles. The Balaban J connectivity index is -0.00000000912. The summed E-state index contributed by atoms with van der Waals surface area (Å²) < 4.78 is 45.0. The van der Waals surface area contributed by atoms with Crippen LogP contribution in [0.2, 0.25) is 0 Å². The number of hydrogen-bond donors (Lipinski definition) is 1. The van der Waals surface area contributed by atoms with Gasteiger partial charge in [0.25, 0.3) is 0 Å². The minimum Gasteiger partial charge on any atom is -0.396 e. The van der Waals surface area contributed by atoms with Crippen LogP contribution in [-0.4, -0.2) is 11.7 Å². The van der Waals surface area contributed by atoms with Gasteiger partial charge in [-0.3, -0.25) is 0 Å². The molecule has 0 aliphatic heterocycles. The van der Waals surface area contributed by atoms with Gasteiger partial charge in [-0.2, -0.15) is 0 Å². The fourth-order valence-corrected chi connectivity index (χ4v) is 0.0645. The predicted molar refractivity (Wildman–Crippen MR) is 42.8 cm³/mol. The molecule has 106 valence electrons. The molecule has 19 heavy (non-hydrogen) atoms. The van der Waals surface area contributed by atoms with E-state index in [0.29, 0.717) is 6.42 Å². The van der Waals surface area contributed by atoms with Crippen molar-refractivity contribution in [2.24, 2.45) is 0 Å². The zero-order chi connectivity index (χ0) is 16.1. The van der Waals surface area contributed by atoms with Gasteiger partial charge in [-0.05, 0) is 12.5 Å². The summed E-state index contributed by atoms with van der Waals surface area (Å²) in [6, 6.07) is 0. The van der Waals surface area contributed by atoms with Crippen molar-refractivity contribution < 1.29 is 66.6 Å². The summed E-state index contributed by atoms with van der Waals surface area (Å²) in [5.74, 6) is 0. The van der Waals surface area contributed by atoms with E-state index in [1.165, 1.54) is 0 Å². The SMILES string of the molecule is [C-]#[O+].[C-]#[O+].[C-]#[O+].[C-]#[O+].[C-]#[O+].[C-]#[O+].[CH]=[C]CCO.[Co].[Co]. The van der Waals surface area contributed by atoms with Crippen LogP contribution in [-0.2, 0) is 61.5 Å². The maximum Gasteiger partial charge on any atom is 0.0471 e. The molecule has 0 aliphatic rings. The van der Waals surface area contributed by atoms with Gasteiger partial charge in [0.2, 0.25) is 0 Å². The zero-order valence-corrected chi connectivity index (χ0v) is 11.1. The smallest absolute Gasteiger partial charge is 0.0471 e. The summed E-state index contributed by atoms with van der Waals surface area (Å²) in [5, 5.41) is 7.92. The molecule has 0 heterocycles. The van der Waals surface area contributed by atoms with E-state index in [2.05, 4.69) is 46.0 Å². The molecule has 7 nitrogen and oxygen atoms in total. The summed E-state index contributed by atoms with van der Waals surface area (Å²) in [5.41, 5.74) is 0. The van der Waals surface area contributed by atoms with Gasteiger partial charge in [0.05, 0.1) is 0 Å². The molecule has 9 heteroatoms. The van der Waals surface area contributed by atoms with Gasteiger partial charge in [-0.1, -0.05) is 6.58 Å². The third kappa shape index (κ3) is 2960. The first-order valence-corrected chi connectivity index (χ1v) is 2.68. The summed E-state index contributed by atoms with van der Waals surface area (Å²) in [7, 11) is 0. The van der Waals surface area contributed by atoms with Crippen molar-refractivity contribution in [1.82, 2.24) is 0 Å². The molecule has 0 aromatic carbocycles. The van der Waals surface area contributed by atoms with E-state index in [9.17, 15) is 0 Å². The number of hydrogen-bond acceptors (Lipinski definition) is 1. The standard InChI is InChI=1S/C4H6O.6CO.2Co/c1-2-3-4-5;6*1-2;;/h1,5H,3-4H2;;;;;;;;. The van der Waals surface area contributed by atoms with Gasteiger partial charge in [-0.15, -0.1) is 0 Å². The van der Waals surface area contributed by atoms with E-state index < -0.39 is 0 Å². The van der Waals surface area contributed by atoms with Gasteiger partial charge in [0, 0.05) is 40.2 Å². The number of rotatable bonds is 2. The van der Waals surface area contributed by atoms with Crippen LogP contribution in [0.3, 0.4) is 0 Å². The van der Waals surface area contributed by atoms with Crippen LogP contribution in [0.15, 0.2) is 0 Å². The second-order valence-corrected chi connectivity index (χ2v) is 0.678. The minimum atomic E-state index is 0. The predicted octanol–water partition coefficient (Wildman–Crippen LogP) is -0.0689. The van der Waals surface area contributed by atoms with Crippen molar-refractivity contribution in [2.45, 2.75) is 6.42 Å². The monoisotopic (exact) mass is 356 g/mol. The molecule has 0 aliphatic carbocycles. The Morgan fingerprint density at radius 3 is 0.842 bits per heavy atom. The van der Waals surface area contributed by atoms with Gasteiger partial charge >= 0.3 is 67.8 Å². The second-order valence-electron chi connectivity index (χ2n) is 0.678. The van der Waals surface area contributed by atoms with E-state index in [-0.39, 0.29) is 40.2 Å². The van der Waals surface area contributed by atoms with E-state index >= 15 is 0 Å². The Morgan fingerprint density at radius 1 is 0.684 bits per heavy atom. The number of aliphatic hydroxyl groups excluding tert-OH is 1. The average Bonchev–Trinajstić information content (AvgIpc) is 2.52. The van der Waals surface area contributed by atoms with Crippen LogP contribution in [0.4, 0.5) is 0 Å². The third-order valence-electron chi connectivity index (χ3n) is 0.256. The molecule has 0 aromatic heterocycles. The van der Waals surface area contributed by atoms with Crippen molar-refractivity contribution >= 4 is 0 Å². The summed E-state index contributed by atoms with van der Waals surface area (Å²) in [4.78, 5) is 0. The maximum atomic E-state index is 7.92. The van der Waals surface area contributed by atoms with Crippen LogP contribution in [0.5, 0.6) is 0 Å². The molecule has 0 fully saturated rings. The topological polar surface area (TPSA) is 140 Å². The molecule has 0 aromatic rings. The first-order chi connectivity index (χ1) is 8.41. The zero-order valence-electron chi connectivity index (χ0n) is 9.05. The molecule has 0 atom stereocenters. The molecular weight excluding hydrogens is 350 g/mol. The van der Waals surface area contributed by atoms with Crippen molar-refractivity contribution in [3.05, 3.63) is 52.6 Å². The van der Waals surface area contributed by atoms with Crippen molar-refractivity contribution in [3.8, 4) is 0 Å². The Bertz CT molecular complexity index is 157. The first kappa shape index (κ1) is 63.8. The van der Waals surface area contributed by atoms with Gasteiger partial charge in [0.1, 0.15) is 0 Å². The van der Waals surface area contributed by atoms with Crippen LogP contribution in [0.1, 0.15) is 6.42 Å². The fraction of sp³-hybridized carbons (Fsp3) is 0.200. The average molecular weight is 356 g/mol. The Hall–Kier alpha value is -0.847. The summed E-state index contributed by atoms with van der Waals surface area (Å²) >= 11 is 0. The molecule has 0 spiro atoms. The molecule has 0 unspecified atom stereocenters. The molecule has 1 N–H and O–H groups in total. The third-order valence-corrected chi connectivity index (χ3v) is 0.256. The molecule has 0 bridgehead atoms. The van der Waals surface area contributed by atoms with Gasteiger partial charge in [0.15, 0.2) is 0 Å². The molecule has 4 radical (unpaired) electrons. The van der Waals surface area contributed by atoms with Crippen LogP contribution in [0.25, 0.3) is 0 Å². The Morgan fingerprint density at radius 2 is 0.842 bits per heavy atom. The Kier molecular flexibility index (Phi) is 3240.